The fourth-order valence-electron chi connectivity index (χ4n) is 2.53. The molecule has 2 N–H and O–H groups in total. The summed E-state index contributed by atoms with van der Waals surface area (Å²) < 4.78 is 1.55. The van der Waals surface area contributed by atoms with Crippen molar-refractivity contribution in [3.63, 3.8) is 0 Å². The van der Waals surface area contributed by atoms with Gasteiger partial charge in [-0.1, -0.05) is 20.8 Å². The minimum atomic E-state index is -0.458. The van der Waals surface area contributed by atoms with Crippen LogP contribution in [0.1, 0.15) is 33.0 Å². The summed E-state index contributed by atoms with van der Waals surface area (Å²) in [5.74, 6) is 0.829. The second-order valence-electron chi connectivity index (χ2n) is 7.30. The number of carbonyl (C=O) groups excluding carboxylic acids is 1. The van der Waals surface area contributed by atoms with Gasteiger partial charge < -0.3 is 5.73 Å². The summed E-state index contributed by atoms with van der Waals surface area (Å²) in [5.41, 5.74) is 7.88. The maximum absolute atomic E-state index is 11.4. The number of amides is 1. The summed E-state index contributed by atoms with van der Waals surface area (Å²) in [5, 5.41) is 4.47. The van der Waals surface area contributed by atoms with Gasteiger partial charge in [-0.3, -0.25) is 14.8 Å². The van der Waals surface area contributed by atoms with E-state index in [0.717, 1.165) is 29.4 Å². The Balaban J connectivity index is 1.99. The fraction of sp³-hybridized carbons (Fsp3) is 0.389. The number of pyridine rings is 2. The maximum Gasteiger partial charge on any atom is 0.239 e. The zero-order chi connectivity index (χ0) is 18.0. The van der Waals surface area contributed by atoms with Crippen molar-refractivity contribution in [2.75, 3.05) is 0 Å². The minimum absolute atomic E-state index is 0.0158. The van der Waals surface area contributed by atoms with Crippen LogP contribution >= 0.6 is 0 Å². The molecular weight excluding hydrogens is 316 g/mol. The molecule has 0 aliphatic carbocycles. The second-order valence-corrected chi connectivity index (χ2v) is 7.30. The van der Waals surface area contributed by atoms with Crippen LogP contribution in [0.25, 0.3) is 22.4 Å². The molecule has 0 saturated heterocycles. The lowest BCUT2D eigenvalue weighted by molar-refractivity contribution is -0.118. The topological polar surface area (TPSA) is 99.6 Å². The lowest BCUT2D eigenvalue weighted by Gasteiger charge is -2.16. The van der Waals surface area contributed by atoms with Gasteiger partial charge in [-0.05, 0) is 30.0 Å². The van der Waals surface area contributed by atoms with Crippen LogP contribution in [0.2, 0.25) is 0 Å². The van der Waals surface area contributed by atoms with E-state index in [-0.39, 0.29) is 12.0 Å². The standard InChI is InChI=1S/C18H22N6O/c1-18(2,3)7-6-16-22-17(24(23-16)11-15(19)25)12-9-14-13(21-10-12)5-4-8-20-14/h4-5,8-10H,6-7,11H2,1-3H3,(H2,19,25). The molecular formula is C18H22N6O. The van der Waals surface area contributed by atoms with Crippen LogP contribution in [0.15, 0.2) is 30.6 Å². The molecule has 0 spiro atoms. The Hall–Kier alpha value is -2.83. The van der Waals surface area contributed by atoms with Crippen LogP contribution in [-0.4, -0.2) is 30.6 Å². The first kappa shape index (κ1) is 17.0. The number of nitrogens with two attached hydrogens (primary N) is 1. The van der Waals surface area contributed by atoms with Gasteiger partial charge in [0.1, 0.15) is 6.54 Å². The summed E-state index contributed by atoms with van der Waals surface area (Å²) >= 11 is 0. The van der Waals surface area contributed by atoms with Gasteiger partial charge in [0, 0.05) is 24.4 Å². The molecule has 0 aliphatic heterocycles. The molecule has 3 aromatic heterocycles. The van der Waals surface area contributed by atoms with Gasteiger partial charge in [-0.25, -0.2) is 9.67 Å². The Kier molecular flexibility index (Phi) is 4.48. The van der Waals surface area contributed by atoms with E-state index in [1.54, 1.807) is 17.1 Å². The van der Waals surface area contributed by atoms with Crippen LogP contribution in [-0.2, 0) is 17.8 Å². The number of aryl methyl sites for hydroxylation is 1. The van der Waals surface area contributed by atoms with Gasteiger partial charge in [-0.15, -0.1) is 0 Å². The largest absolute Gasteiger partial charge is 0.368 e. The summed E-state index contributed by atoms with van der Waals surface area (Å²) in [4.78, 5) is 24.8. The number of rotatable bonds is 5. The molecule has 0 radical (unpaired) electrons. The molecule has 3 rings (SSSR count). The van der Waals surface area contributed by atoms with E-state index in [4.69, 9.17) is 5.73 Å². The highest BCUT2D eigenvalue weighted by Crippen LogP contribution is 2.23. The Bertz CT molecular complexity index is 909. The molecule has 0 atom stereocenters. The van der Waals surface area contributed by atoms with Crippen molar-refractivity contribution in [3.8, 4) is 11.4 Å². The van der Waals surface area contributed by atoms with Crippen LogP contribution < -0.4 is 5.73 Å². The van der Waals surface area contributed by atoms with E-state index in [1.165, 1.54) is 0 Å². The highest BCUT2D eigenvalue weighted by Gasteiger charge is 2.17. The number of primary amides is 1. The van der Waals surface area contributed by atoms with Crippen LogP contribution in [0, 0.1) is 5.41 Å². The zero-order valence-corrected chi connectivity index (χ0v) is 14.7. The van der Waals surface area contributed by atoms with Crippen LogP contribution in [0.5, 0.6) is 0 Å². The molecule has 0 fully saturated rings. The van der Waals surface area contributed by atoms with Gasteiger partial charge in [0.25, 0.3) is 0 Å². The number of hydrogen-bond donors (Lipinski definition) is 1. The lowest BCUT2D eigenvalue weighted by Crippen LogP contribution is -2.20. The Morgan fingerprint density at radius 3 is 2.76 bits per heavy atom. The molecule has 0 saturated carbocycles. The van der Waals surface area contributed by atoms with E-state index in [2.05, 4.69) is 40.8 Å². The highest BCUT2D eigenvalue weighted by molar-refractivity contribution is 5.79. The molecule has 0 unspecified atom stereocenters. The van der Waals surface area contributed by atoms with Crippen LogP contribution in [0.3, 0.4) is 0 Å². The quantitative estimate of drug-likeness (QED) is 0.770. The normalized spacial score (nSPS) is 11.8. The number of aromatic nitrogens is 5. The zero-order valence-electron chi connectivity index (χ0n) is 14.7. The average molecular weight is 338 g/mol. The Morgan fingerprint density at radius 2 is 2.04 bits per heavy atom. The Morgan fingerprint density at radius 1 is 1.24 bits per heavy atom. The van der Waals surface area contributed by atoms with E-state index in [0.29, 0.717) is 11.6 Å². The third kappa shape index (κ3) is 4.17. The molecule has 130 valence electrons. The SMILES string of the molecule is CC(C)(C)CCc1nc(-c2cnc3cccnc3c2)n(CC(N)=O)n1. The molecule has 3 heterocycles. The van der Waals surface area contributed by atoms with Crippen LogP contribution in [0.4, 0.5) is 0 Å². The van der Waals surface area contributed by atoms with E-state index < -0.39 is 5.91 Å². The van der Waals surface area contributed by atoms with Crippen molar-refractivity contribution in [2.24, 2.45) is 11.1 Å². The molecule has 7 heteroatoms. The summed E-state index contributed by atoms with van der Waals surface area (Å²) in [6, 6.07) is 5.64. The van der Waals surface area contributed by atoms with E-state index in [1.807, 2.05) is 18.2 Å². The van der Waals surface area contributed by atoms with Crippen molar-refractivity contribution >= 4 is 16.9 Å². The van der Waals surface area contributed by atoms with Crippen molar-refractivity contribution < 1.29 is 4.79 Å². The average Bonchev–Trinajstić information content (AvgIpc) is 2.94. The fourth-order valence-corrected chi connectivity index (χ4v) is 2.53. The molecule has 0 aromatic carbocycles. The van der Waals surface area contributed by atoms with Gasteiger partial charge in [-0.2, -0.15) is 5.10 Å². The first-order chi connectivity index (χ1) is 11.8. The summed E-state index contributed by atoms with van der Waals surface area (Å²) in [6.07, 6.45) is 5.13. The second kappa shape index (κ2) is 6.58. The number of carbonyl (C=O) groups is 1. The third-order valence-corrected chi connectivity index (χ3v) is 3.83. The van der Waals surface area contributed by atoms with Gasteiger partial charge >= 0.3 is 0 Å². The van der Waals surface area contributed by atoms with E-state index >= 15 is 0 Å². The van der Waals surface area contributed by atoms with Gasteiger partial charge in [0.05, 0.1) is 11.0 Å². The summed E-state index contributed by atoms with van der Waals surface area (Å²) in [6.45, 7) is 6.51. The number of hydrogen-bond acceptors (Lipinski definition) is 5. The van der Waals surface area contributed by atoms with Gasteiger partial charge in [0.2, 0.25) is 5.91 Å². The molecule has 7 nitrogen and oxygen atoms in total. The first-order valence-corrected chi connectivity index (χ1v) is 8.25. The lowest BCUT2D eigenvalue weighted by atomic mass is 9.90. The van der Waals surface area contributed by atoms with E-state index in [9.17, 15) is 4.79 Å². The maximum atomic E-state index is 11.4. The smallest absolute Gasteiger partial charge is 0.239 e. The molecule has 0 aliphatic rings. The van der Waals surface area contributed by atoms with Crippen molar-refractivity contribution in [1.29, 1.82) is 0 Å². The molecule has 0 bridgehead atoms. The first-order valence-electron chi connectivity index (χ1n) is 8.25. The predicted octanol–water partition coefficient (Wildman–Crippen LogP) is 2.35. The number of nitrogens with zero attached hydrogens (tertiary/aromatic N) is 5. The number of fused-ring (bicyclic) bond motifs is 1. The minimum Gasteiger partial charge on any atom is -0.368 e. The molecule has 25 heavy (non-hydrogen) atoms. The Labute approximate surface area is 146 Å². The monoisotopic (exact) mass is 338 g/mol. The van der Waals surface area contributed by atoms with Crippen molar-refractivity contribution in [1.82, 2.24) is 24.7 Å². The van der Waals surface area contributed by atoms with Crippen molar-refractivity contribution in [3.05, 3.63) is 36.4 Å². The van der Waals surface area contributed by atoms with Gasteiger partial charge in [0.15, 0.2) is 11.6 Å². The predicted molar refractivity (Wildman–Crippen MR) is 95.5 cm³/mol. The summed E-state index contributed by atoms with van der Waals surface area (Å²) in [7, 11) is 0. The third-order valence-electron chi connectivity index (χ3n) is 3.83. The molecule has 1 amide bonds. The van der Waals surface area contributed by atoms with Crippen molar-refractivity contribution in [2.45, 2.75) is 40.2 Å². The molecule has 3 aromatic rings. The highest BCUT2D eigenvalue weighted by atomic mass is 16.1.